The van der Waals surface area contributed by atoms with Crippen molar-refractivity contribution in [2.24, 2.45) is 11.7 Å². The first-order valence-corrected chi connectivity index (χ1v) is 5.54. The number of carboxylic acids is 1. The Morgan fingerprint density at radius 1 is 1.35 bits per heavy atom. The molecule has 1 fully saturated rings. The van der Waals surface area contributed by atoms with Crippen LogP contribution in [-0.4, -0.2) is 35.6 Å². The van der Waals surface area contributed by atoms with Crippen molar-refractivity contribution in [1.29, 1.82) is 0 Å². The van der Waals surface area contributed by atoms with Gasteiger partial charge in [-0.25, -0.2) is 9.59 Å². The number of urea groups is 1. The molecule has 0 aromatic rings. The molecule has 0 saturated heterocycles. The van der Waals surface area contributed by atoms with Gasteiger partial charge >= 0.3 is 12.0 Å². The number of nitrogens with two attached hydrogens (primary N) is 1. The minimum Gasteiger partial charge on any atom is -0.480 e. The fourth-order valence-electron chi connectivity index (χ4n) is 1.31. The first-order chi connectivity index (χ1) is 7.99. The van der Waals surface area contributed by atoms with Crippen molar-refractivity contribution in [3.05, 3.63) is 0 Å². The monoisotopic (exact) mass is 243 g/mol. The lowest BCUT2D eigenvalue weighted by Crippen LogP contribution is -2.46. The number of carbonyl (C=O) groups is 3. The highest BCUT2D eigenvalue weighted by Gasteiger charge is 2.24. The number of primary amides is 1. The van der Waals surface area contributed by atoms with Crippen LogP contribution in [0.5, 0.6) is 0 Å². The molecule has 3 amide bonds. The standard InChI is InChI=1S/C10H17N3O4/c11-8(14)4-3-7(9(15)16)13-10(17)12-5-6-1-2-6/h6-7H,1-5H2,(H2,11,14)(H,15,16)(H2,12,13,17)/t7-/m1/s1. The Labute approximate surface area is 98.7 Å². The summed E-state index contributed by atoms with van der Waals surface area (Å²) in [5.41, 5.74) is 4.92. The quantitative estimate of drug-likeness (QED) is 0.477. The Kier molecular flexibility index (Phi) is 4.74. The molecule has 7 nitrogen and oxygen atoms in total. The molecule has 0 heterocycles. The zero-order valence-electron chi connectivity index (χ0n) is 9.44. The number of rotatable bonds is 7. The van der Waals surface area contributed by atoms with E-state index in [0.29, 0.717) is 12.5 Å². The van der Waals surface area contributed by atoms with Crippen LogP contribution < -0.4 is 16.4 Å². The predicted octanol–water partition coefficient (Wildman–Crippen LogP) is -0.586. The molecule has 1 rings (SSSR count). The van der Waals surface area contributed by atoms with E-state index in [1.165, 1.54) is 0 Å². The molecule has 7 heteroatoms. The summed E-state index contributed by atoms with van der Waals surface area (Å²) in [5, 5.41) is 13.7. The van der Waals surface area contributed by atoms with E-state index in [-0.39, 0.29) is 12.8 Å². The van der Waals surface area contributed by atoms with Gasteiger partial charge in [0.2, 0.25) is 5.91 Å². The van der Waals surface area contributed by atoms with Gasteiger partial charge in [0, 0.05) is 13.0 Å². The van der Waals surface area contributed by atoms with Crippen molar-refractivity contribution in [3.63, 3.8) is 0 Å². The maximum absolute atomic E-state index is 11.3. The molecule has 0 aromatic carbocycles. The largest absolute Gasteiger partial charge is 0.480 e. The summed E-state index contributed by atoms with van der Waals surface area (Å²) in [6.45, 7) is 0.563. The van der Waals surface area contributed by atoms with Crippen LogP contribution in [0.1, 0.15) is 25.7 Å². The molecule has 1 aliphatic carbocycles. The smallest absolute Gasteiger partial charge is 0.326 e. The topological polar surface area (TPSA) is 122 Å². The van der Waals surface area contributed by atoms with E-state index in [4.69, 9.17) is 10.8 Å². The van der Waals surface area contributed by atoms with E-state index < -0.39 is 23.9 Å². The average Bonchev–Trinajstić information content (AvgIpc) is 3.04. The summed E-state index contributed by atoms with van der Waals surface area (Å²) in [5.74, 6) is -1.24. The van der Waals surface area contributed by atoms with Crippen LogP contribution in [0, 0.1) is 5.92 Å². The SMILES string of the molecule is NC(=O)CC[C@@H](NC(=O)NCC1CC1)C(=O)O. The van der Waals surface area contributed by atoms with Gasteiger partial charge in [0.1, 0.15) is 6.04 Å². The number of carboxylic acid groups (broad SMARTS) is 1. The zero-order valence-corrected chi connectivity index (χ0v) is 9.44. The lowest BCUT2D eigenvalue weighted by molar-refractivity contribution is -0.139. The van der Waals surface area contributed by atoms with E-state index in [2.05, 4.69) is 10.6 Å². The third kappa shape index (κ3) is 5.74. The number of aliphatic carboxylic acids is 1. The second-order valence-electron chi connectivity index (χ2n) is 4.19. The van der Waals surface area contributed by atoms with E-state index in [1.807, 2.05) is 0 Å². The summed E-state index contributed by atoms with van der Waals surface area (Å²) in [6.07, 6.45) is 2.13. The van der Waals surface area contributed by atoms with Crippen molar-refractivity contribution in [2.45, 2.75) is 31.7 Å². The molecule has 1 saturated carbocycles. The maximum Gasteiger partial charge on any atom is 0.326 e. The highest BCUT2D eigenvalue weighted by atomic mass is 16.4. The van der Waals surface area contributed by atoms with Crippen LogP contribution in [0.15, 0.2) is 0 Å². The highest BCUT2D eigenvalue weighted by Crippen LogP contribution is 2.27. The van der Waals surface area contributed by atoms with E-state index in [9.17, 15) is 14.4 Å². The van der Waals surface area contributed by atoms with Crippen LogP contribution in [0.4, 0.5) is 4.79 Å². The summed E-state index contributed by atoms with van der Waals surface area (Å²) >= 11 is 0. The number of hydrogen-bond acceptors (Lipinski definition) is 3. The van der Waals surface area contributed by atoms with E-state index >= 15 is 0 Å². The van der Waals surface area contributed by atoms with Crippen molar-refractivity contribution >= 4 is 17.9 Å². The first-order valence-electron chi connectivity index (χ1n) is 5.54. The van der Waals surface area contributed by atoms with Crippen LogP contribution in [-0.2, 0) is 9.59 Å². The average molecular weight is 243 g/mol. The molecule has 0 spiro atoms. The van der Waals surface area contributed by atoms with Gasteiger partial charge in [-0.15, -0.1) is 0 Å². The highest BCUT2D eigenvalue weighted by molar-refractivity contribution is 5.83. The lowest BCUT2D eigenvalue weighted by atomic mass is 10.1. The van der Waals surface area contributed by atoms with Crippen LogP contribution in [0.25, 0.3) is 0 Å². The Bertz CT molecular complexity index is 315. The Morgan fingerprint density at radius 3 is 2.47 bits per heavy atom. The minimum absolute atomic E-state index is 0.00150. The molecule has 5 N–H and O–H groups in total. The molecule has 17 heavy (non-hydrogen) atoms. The molecular weight excluding hydrogens is 226 g/mol. The van der Waals surface area contributed by atoms with Crippen molar-refractivity contribution in [2.75, 3.05) is 6.54 Å². The van der Waals surface area contributed by atoms with Crippen LogP contribution in [0.2, 0.25) is 0 Å². The van der Waals surface area contributed by atoms with Crippen LogP contribution in [0.3, 0.4) is 0 Å². The molecule has 0 unspecified atom stereocenters. The number of carbonyl (C=O) groups excluding carboxylic acids is 2. The Morgan fingerprint density at radius 2 is 2.00 bits per heavy atom. The fourth-order valence-corrected chi connectivity index (χ4v) is 1.31. The third-order valence-corrected chi connectivity index (χ3v) is 2.53. The fraction of sp³-hybridized carbons (Fsp3) is 0.700. The molecule has 96 valence electrons. The summed E-state index contributed by atoms with van der Waals surface area (Å²) < 4.78 is 0. The van der Waals surface area contributed by atoms with Crippen molar-refractivity contribution in [3.8, 4) is 0 Å². The van der Waals surface area contributed by atoms with Gasteiger partial charge in [-0.2, -0.15) is 0 Å². The van der Waals surface area contributed by atoms with Gasteiger partial charge in [-0.3, -0.25) is 4.79 Å². The van der Waals surface area contributed by atoms with Gasteiger partial charge in [0.05, 0.1) is 0 Å². The molecule has 0 radical (unpaired) electrons. The van der Waals surface area contributed by atoms with E-state index in [0.717, 1.165) is 12.8 Å². The molecular formula is C10H17N3O4. The number of hydrogen-bond donors (Lipinski definition) is 4. The normalized spacial score (nSPS) is 16.0. The molecule has 0 bridgehead atoms. The first kappa shape index (κ1) is 13.3. The van der Waals surface area contributed by atoms with Gasteiger partial charge in [0.15, 0.2) is 0 Å². The Balaban J connectivity index is 2.28. The number of nitrogens with one attached hydrogen (secondary N) is 2. The van der Waals surface area contributed by atoms with Gasteiger partial charge in [0.25, 0.3) is 0 Å². The number of amides is 3. The third-order valence-electron chi connectivity index (χ3n) is 2.53. The van der Waals surface area contributed by atoms with Crippen molar-refractivity contribution in [1.82, 2.24) is 10.6 Å². The Hall–Kier alpha value is -1.79. The maximum atomic E-state index is 11.3. The van der Waals surface area contributed by atoms with E-state index in [1.54, 1.807) is 0 Å². The summed E-state index contributed by atoms with van der Waals surface area (Å²) in [4.78, 5) is 32.7. The second-order valence-corrected chi connectivity index (χ2v) is 4.19. The van der Waals surface area contributed by atoms with Gasteiger partial charge in [-0.05, 0) is 25.2 Å². The van der Waals surface area contributed by atoms with Gasteiger partial charge < -0.3 is 21.5 Å². The lowest BCUT2D eigenvalue weighted by Gasteiger charge is -2.14. The molecule has 1 atom stereocenters. The zero-order chi connectivity index (χ0) is 12.8. The van der Waals surface area contributed by atoms with Crippen molar-refractivity contribution < 1.29 is 19.5 Å². The second kappa shape index (κ2) is 6.07. The summed E-state index contributed by atoms with van der Waals surface area (Å²) in [6, 6.07) is -1.60. The predicted molar refractivity (Wildman–Crippen MR) is 59.1 cm³/mol. The minimum atomic E-state index is -1.17. The van der Waals surface area contributed by atoms with Crippen LogP contribution >= 0.6 is 0 Å². The molecule has 1 aliphatic rings. The van der Waals surface area contributed by atoms with Gasteiger partial charge in [-0.1, -0.05) is 0 Å². The molecule has 0 aliphatic heterocycles. The summed E-state index contributed by atoms with van der Waals surface area (Å²) in [7, 11) is 0. The molecule has 0 aromatic heterocycles.